The Bertz CT molecular complexity index is 235. The molecule has 0 aliphatic heterocycles. The van der Waals surface area contributed by atoms with Gasteiger partial charge in [0, 0.05) is 10.5 Å². The minimum Gasteiger partial charge on any atom is -0.317 e. The molecule has 0 radical (unpaired) electrons. The van der Waals surface area contributed by atoms with Crippen LogP contribution in [0, 0.1) is 0 Å². The first kappa shape index (κ1) is 12.9. The number of rotatable bonds is 3. The zero-order valence-electron chi connectivity index (χ0n) is 7.88. The molecule has 1 aromatic carbocycles. The van der Waals surface area contributed by atoms with E-state index in [-0.39, 0.29) is 12.4 Å². The van der Waals surface area contributed by atoms with E-state index in [2.05, 4.69) is 52.4 Å². The molecule has 0 saturated heterocycles. The van der Waals surface area contributed by atoms with Crippen molar-refractivity contribution in [3.8, 4) is 0 Å². The molecule has 1 nitrogen and oxygen atoms in total. The van der Waals surface area contributed by atoms with E-state index in [1.54, 1.807) is 0 Å². The number of nitrogens with one attached hydrogen (secondary N) is 1. The third-order valence-corrected chi connectivity index (χ3v) is 2.48. The molecule has 0 bridgehead atoms. The molecule has 1 unspecified atom stereocenters. The van der Waals surface area contributed by atoms with Crippen LogP contribution in [0.4, 0.5) is 0 Å². The fourth-order valence-electron chi connectivity index (χ4n) is 1.08. The largest absolute Gasteiger partial charge is 0.317 e. The second kappa shape index (κ2) is 6.41. The Morgan fingerprint density at radius 2 is 1.85 bits per heavy atom. The van der Waals surface area contributed by atoms with Gasteiger partial charge in [-0.15, -0.1) is 12.4 Å². The van der Waals surface area contributed by atoms with Crippen LogP contribution in [0.5, 0.6) is 0 Å². The van der Waals surface area contributed by atoms with Crippen LogP contribution in [0.2, 0.25) is 0 Å². The number of hydrogen-bond donors (Lipinski definition) is 1. The summed E-state index contributed by atoms with van der Waals surface area (Å²) in [6.07, 6.45) is 1.09. The molecule has 74 valence electrons. The molecule has 1 atom stereocenters. The first-order valence-corrected chi connectivity index (χ1v) is 4.93. The highest BCUT2D eigenvalue weighted by Gasteiger charge is 1.99. The molecule has 0 saturated carbocycles. The Balaban J connectivity index is 0.00000144. The van der Waals surface area contributed by atoms with Crippen LogP contribution in [0.1, 0.15) is 12.5 Å². The smallest absolute Gasteiger partial charge is 0.0175 e. The fraction of sp³-hybridized carbons (Fsp3) is 0.400. The van der Waals surface area contributed by atoms with Crippen LogP contribution in [-0.4, -0.2) is 13.1 Å². The molecule has 0 spiro atoms. The maximum Gasteiger partial charge on any atom is 0.0175 e. The monoisotopic (exact) mass is 263 g/mol. The molecular weight excluding hydrogens is 249 g/mol. The van der Waals surface area contributed by atoms with Gasteiger partial charge in [0.05, 0.1) is 0 Å². The second-order valence-corrected chi connectivity index (χ2v) is 3.94. The van der Waals surface area contributed by atoms with E-state index in [0.717, 1.165) is 10.9 Å². The lowest BCUT2D eigenvalue weighted by Gasteiger charge is -2.09. The van der Waals surface area contributed by atoms with Gasteiger partial charge in [-0.1, -0.05) is 28.1 Å². The molecular formula is C10H15BrClN. The van der Waals surface area contributed by atoms with E-state index in [4.69, 9.17) is 0 Å². The van der Waals surface area contributed by atoms with Crippen molar-refractivity contribution in [1.82, 2.24) is 5.32 Å². The summed E-state index contributed by atoms with van der Waals surface area (Å²) in [5.41, 5.74) is 1.38. The summed E-state index contributed by atoms with van der Waals surface area (Å²) >= 11 is 3.41. The number of benzene rings is 1. The van der Waals surface area contributed by atoms with Crippen molar-refractivity contribution < 1.29 is 0 Å². The van der Waals surface area contributed by atoms with Gasteiger partial charge < -0.3 is 5.32 Å². The summed E-state index contributed by atoms with van der Waals surface area (Å²) in [5.74, 6) is 0. The predicted molar refractivity (Wildman–Crippen MR) is 63.6 cm³/mol. The lowest BCUT2D eigenvalue weighted by molar-refractivity contribution is 0.608. The highest BCUT2D eigenvalue weighted by atomic mass is 79.9. The van der Waals surface area contributed by atoms with Crippen LogP contribution in [0.15, 0.2) is 28.7 Å². The highest BCUT2D eigenvalue weighted by molar-refractivity contribution is 9.10. The van der Waals surface area contributed by atoms with E-state index in [9.17, 15) is 0 Å². The Morgan fingerprint density at radius 3 is 2.31 bits per heavy atom. The molecule has 0 amide bonds. The average Bonchev–Trinajstić information content (AvgIpc) is 2.09. The third kappa shape index (κ3) is 4.65. The van der Waals surface area contributed by atoms with Gasteiger partial charge in [0.15, 0.2) is 0 Å². The molecule has 0 aliphatic rings. The molecule has 1 rings (SSSR count). The molecule has 0 aliphatic carbocycles. The minimum absolute atomic E-state index is 0. The standard InChI is InChI=1S/C10H14BrN.ClH/c1-8(12-2)7-9-3-5-10(11)6-4-9;/h3-6,8,12H,7H2,1-2H3;1H. The lowest BCUT2D eigenvalue weighted by atomic mass is 10.1. The van der Waals surface area contributed by atoms with Crippen molar-refractivity contribution in [2.45, 2.75) is 19.4 Å². The Labute approximate surface area is 94.5 Å². The van der Waals surface area contributed by atoms with Gasteiger partial charge in [-0.3, -0.25) is 0 Å². The van der Waals surface area contributed by atoms with Gasteiger partial charge in [0.2, 0.25) is 0 Å². The molecule has 0 fully saturated rings. The number of hydrogen-bond acceptors (Lipinski definition) is 1. The number of likely N-dealkylation sites (N-methyl/N-ethyl adjacent to an activating group) is 1. The minimum atomic E-state index is 0. The lowest BCUT2D eigenvalue weighted by Crippen LogP contribution is -2.23. The molecule has 1 aromatic rings. The van der Waals surface area contributed by atoms with Gasteiger partial charge >= 0.3 is 0 Å². The summed E-state index contributed by atoms with van der Waals surface area (Å²) in [4.78, 5) is 0. The second-order valence-electron chi connectivity index (χ2n) is 3.02. The van der Waals surface area contributed by atoms with Gasteiger partial charge in [0.1, 0.15) is 0 Å². The van der Waals surface area contributed by atoms with E-state index in [0.29, 0.717) is 6.04 Å². The van der Waals surface area contributed by atoms with Gasteiger partial charge in [-0.25, -0.2) is 0 Å². The molecule has 0 heterocycles. The van der Waals surface area contributed by atoms with Gasteiger partial charge in [-0.05, 0) is 38.1 Å². The zero-order chi connectivity index (χ0) is 8.97. The van der Waals surface area contributed by atoms with Crippen molar-refractivity contribution in [3.05, 3.63) is 34.3 Å². The molecule has 0 aromatic heterocycles. The van der Waals surface area contributed by atoms with Crippen molar-refractivity contribution >= 4 is 28.3 Å². The summed E-state index contributed by atoms with van der Waals surface area (Å²) < 4.78 is 1.14. The first-order chi connectivity index (χ1) is 5.72. The highest BCUT2D eigenvalue weighted by Crippen LogP contribution is 2.11. The zero-order valence-corrected chi connectivity index (χ0v) is 10.3. The predicted octanol–water partition coefficient (Wildman–Crippen LogP) is 3.02. The normalized spacial score (nSPS) is 11.9. The summed E-state index contributed by atoms with van der Waals surface area (Å²) in [5, 5.41) is 3.22. The summed E-state index contributed by atoms with van der Waals surface area (Å²) in [6.45, 7) is 2.18. The Hall–Kier alpha value is -0.0500. The molecule has 3 heteroatoms. The quantitative estimate of drug-likeness (QED) is 0.885. The van der Waals surface area contributed by atoms with Crippen LogP contribution >= 0.6 is 28.3 Å². The summed E-state index contributed by atoms with van der Waals surface area (Å²) in [6, 6.07) is 9.01. The van der Waals surface area contributed by atoms with Crippen molar-refractivity contribution in [2.24, 2.45) is 0 Å². The topological polar surface area (TPSA) is 12.0 Å². The van der Waals surface area contributed by atoms with Crippen molar-refractivity contribution in [3.63, 3.8) is 0 Å². The fourth-order valence-corrected chi connectivity index (χ4v) is 1.34. The van der Waals surface area contributed by atoms with Crippen LogP contribution in [0.3, 0.4) is 0 Å². The SMILES string of the molecule is CNC(C)Cc1ccc(Br)cc1.Cl. The number of halogens is 2. The maximum atomic E-state index is 3.41. The van der Waals surface area contributed by atoms with Crippen LogP contribution < -0.4 is 5.32 Å². The van der Waals surface area contributed by atoms with Crippen molar-refractivity contribution in [2.75, 3.05) is 7.05 Å². The van der Waals surface area contributed by atoms with E-state index in [1.807, 2.05) is 7.05 Å². The average molecular weight is 265 g/mol. The Morgan fingerprint density at radius 1 is 1.31 bits per heavy atom. The maximum absolute atomic E-state index is 3.41. The van der Waals surface area contributed by atoms with E-state index >= 15 is 0 Å². The Kier molecular flexibility index (Phi) is 6.39. The molecule has 13 heavy (non-hydrogen) atoms. The first-order valence-electron chi connectivity index (χ1n) is 4.14. The van der Waals surface area contributed by atoms with Gasteiger partial charge in [-0.2, -0.15) is 0 Å². The summed E-state index contributed by atoms with van der Waals surface area (Å²) in [7, 11) is 1.99. The van der Waals surface area contributed by atoms with Crippen LogP contribution in [0.25, 0.3) is 0 Å². The van der Waals surface area contributed by atoms with E-state index in [1.165, 1.54) is 5.56 Å². The molecule has 1 N–H and O–H groups in total. The third-order valence-electron chi connectivity index (χ3n) is 1.95. The van der Waals surface area contributed by atoms with Crippen molar-refractivity contribution in [1.29, 1.82) is 0 Å². The van der Waals surface area contributed by atoms with Crippen LogP contribution in [-0.2, 0) is 6.42 Å². The van der Waals surface area contributed by atoms with E-state index < -0.39 is 0 Å². The van der Waals surface area contributed by atoms with Gasteiger partial charge in [0.25, 0.3) is 0 Å².